The van der Waals surface area contributed by atoms with E-state index in [9.17, 15) is 4.79 Å². The Kier molecular flexibility index (Phi) is 6.12. The largest absolute Gasteiger partial charge is 0.453 e. The molecule has 0 aromatic heterocycles. The van der Waals surface area contributed by atoms with Crippen molar-refractivity contribution in [3.8, 4) is 0 Å². The summed E-state index contributed by atoms with van der Waals surface area (Å²) in [6, 6.07) is 0. The minimum Gasteiger partial charge on any atom is -0.453 e. The summed E-state index contributed by atoms with van der Waals surface area (Å²) < 4.78 is 4.71. The molecule has 0 spiro atoms. The zero-order valence-electron chi connectivity index (χ0n) is 11.1. The molecule has 0 saturated carbocycles. The van der Waals surface area contributed by atoms with E-state index in [2.05, 4.69) is 31.4 Å². The molecule has 2 atom stereocenters. The number of carbonyl (C=O) groups excluding carboxylic acids is 1. The topological polar surface area (TPSA) is 32.8 Å². The fraction of sp³-hybridized carbons (Fsp3) is 0.917. The smallest absolute Gasteiger partial charge is 0.409 e. The molecule has 5 heteroatoms. The molecule has 1 amide bonds. The molecule has 1 aliphatic heterocycles. The minimum absolute atomic E-state index is 0.206. The Morgan fingerprint density at radius 2 is 1.88 bits per heavy atom. The van der Waals surface area contributed by atoms with E-state index in [0.717, 1.165) is 32.7 Å². The van der Waals surface area contributed by atoms with Gasteiger partial charge in [0.2, 0.25) is 0 Å². The lowest BCUT2D eigenvalue weighted by atomic mass is 10.0. The van der Waals surface area contributed by atoms with E-state index in [4.69, 9.17) is 4.74 Å². The second-order valence-electron chi connectivity index (χ2n) is 4.81. The highest BCUT2D eigenvalue weighted by molar-refractivity contribution is 7.80. The first-order valence-electron chi connectivity index (χ1n) is 6.28. The fourth-order valence-electron chi connectivity index (χ4n) is 1.91. The van der Waals surface area contributed by atoms with Crippen LogP contribution in [0.25, 0.3) is 0 Å². The second kappa shape index (κ2) is 7.11. The lowest BCUT2D eigenvalue weighted by Gasteiger charge is -2.34. The maximum absolute atomic E-state index is 11.3. The molecule has 0 radical (unpaired) electrons. The number of nitrogens with zero attached hydrogens (tertiary/aromatic N) is 2. The van der Waals surface area contributed by atoms with E-state index in [0.29, 0.717) is 11.2 Å². The van der Waals surface area contributed by atoms with Gasteiger partial charge in [-0.05, 0) is 18.9 Å². The Bertz CT molecular complexity index is 241. The SMILES string of the molecule is COC(=O)N1CCN(CCC(C)C(C)S)CC1. The van der Waals surface area contributed by atoms with Crippen LogP contribution in [0.2, 0.25) is 0 Å². The summed E-state index contributed by atoms with van der Waals surface area (Å²) in [6.07, 6.45) is 0.963. The van der Waals surface area contributed by atoms with Crippen LogP contribution in [-0.4, -0.2) is 61.0 Å². The van der Waals surface area contributed by atoms with Gasteiger partial charge in [0, 0.05) is 31.4 Å². The molecule has 0 bridgehead atoms. The predicted molar refractivity (Wildman–Crippen MR) is 72.6 cm³/mol. The lowest BCUT2D eigenvalue weighted by Crippen LogP contribution is -2.49. The normalized spacial score (nSPS) is 21.1. The molecule has 100 valence electrons. The summed E-state index contributed by atoms with van der Waals surface area (Å²) in [5.41, 5.74) is 0. The molecule has 1 heterocycles. The van der Waals surface area contributed by atoms with Crippen LogP contribution >= 0.6 is 12.6 Å². The molecule has 2 unspecified atom stereocenters. The third-order valence-corrected chi connectivity index (χ3v) is 4.04. The van der Waals surface area contributed by atoms with Crippen LogP contribution in [0, 0.1) is 5.92 Å². The number of amides is 1. The van der Waals surface area contributed by atoms with Crippen molar-refractivity contribution in [2.45, 2.75) is 25.5 Å². The molecular formula is C12H24N2O2S. The number of ether oxygens (including phenoxy) is 1. The van der Waals surface area contributed by atoms with Crippen molar-refractivity contribution in [2.24, 2.45) is 5.92 Å². The van der Waals surface area contributed by atoms with E-state index < -0.39 is 0 Å². The van der Waals surface area contributed by atoms with Gasteiger partial charge in [0.25, 0.3) is 0 Å². The van der Waals surface area contributed by atoms with Crippen molar-refractivity contribution in [1.29, 1.82) is 0 Å². The van der Waals surface area contributed by atoms with Crippen LogP contribution in [0.5, 0.6) is 0 Å². The van der Waals surface area contributed by atoms with E-state index >= 15 is 0 Å². The summed E-state index contributed by atoms with van der Waals surface area (Å²) in [7, 11) is 1.43. The molecule has 0 N–H and O–H groups in total. The highest BCUT2D eigenvalue weighted by Gasteiger charge is 2.21. The molecule has 1 rings (SSSR count). The van der Waals surface area contributed by atoms with Gasteiger partial charge >= 0.3 is 6.09 Å². The Morgan fingerprint density at radius 1 is 1.29 bits per heavy atom. The summed E-state index contributed by atoms with van der Waals surface area (Å²) in [6.45, 7) is 8.92. The number of rotatable bonds is 4. The van der Waals surface area contributed by atoms with Crippen molar-refractivity contribution in [1.82, 2.24) is 9.80 Å². The third-order valence-electron chi connectivity index (χ3n) is 3.53. The molecule has 17 heavy (non-hydrogen) atoms. The second-order valence-corrected chi connectivity index (χ2v) is 5.62. The molecule has 0 aromatic carbocycles. The van der Waals surface area contributed by atoms with Crippen LogP contribution in [0.4, 0.5) is 4.79 Å². The highest BCUT2D eigenvalue weighted by Crippen LogP contribution is 2.14. The van der Waals surface area contributed by atoms with Crippen LogP contribution in [0.3, 0.4) is 0 Å². The standard InChI is InChI=1S/C12H24N2O2S/c1-10(11(2)17)4-5-13-6-8-14(9-7-13)12(15)16-3/h10-11,17H,4-9H2,1-3H3. The van der Waals surface area contributed by atoms with Crippen LogP contribution < -0.4 is 0 Å². The van der Waals surface area contributed by atoms with Crippen LogP contribution in [0.15, 0.2) is 0 Å². The highest BCUT2D eigenvalue weighted by atomic mass is 32.1. The maximum Gasteiger partial charge on any atom is 0.409 e. The number of piperazine rings is 1. The van der Waals surface area contributed by atoms with E-state index in [1.165, 1.54) is 13.5 Å². The molecule has 4 nitrogen and oxygen atoms in total. The average Bonchev–Trinajstić information content (AvgIpc) is 2.35. The van der Waals surface area contributed by atoms with Gasteiger partial charge in [-0.1, -0.05) is 13.8 Å². The summed E-state index contributed by atoms with van der Waals surface area (Å²) in [5, 5.41) is 0.450. The van der Waals surface area contributed by atoms with Crippen LogP contribution in [-0.2, 0) is 4.74 Å². The van der Waals surface area contributed by atoms with Gasteiger partial charge in [-0.25, -0.2) is 4.79 Å². The van der Waals surface area contributed by atoms with Gasteiger partial charge in [-0.3, -0.25) is 4.90 Å². The van der Waals surface area contributed by atoms with Gasteiger partial charge < -0.3 is 9.64 Å². The quantitative estimate of drug-likeness (QED) is 0.781. The van der Waals surface area contributed by atoms with Crippen molar-refractivity contribution in [2.75, 3.05) is 39.8 Å². The summed E-state index contributed by atoms with van der Waals surface area (Å²) in [5.74, 6) is 0.636. The Morgan fingerprint density at radius 3 is 2.35 bits per heavy atom. The molecule has 1 saturated heterocycles. The molecule has 0 aliphatic carbocycles. The van der Waals surface area contributed by atoms with E-state index in [1.54, 1.807) is 4.90 Å². The van der Waals surface area contributed by atoms with Gasteiger partial charge in [0.05, 0.1) is 7.11 Å². The zero-order chi connectivity index (χ0) is 12.8. The Labute approximate surface area is 110 Å². The van der Waals surface area contributed by atoms with Crippen molar-refractivity contribution in [3.05, 3.63) is 0 Å². The summed E-state index contributed by atoms with van der Waals surface area (Å²) >= 11 is 4.46. The Hall–Kier alpha value is -0.420. The van der Waals surface area contributed by atoms with Crippen molar-refractivity contribution in [3.63, 3.8) is 0 Å². The lowest BCUT2D eigenvalue weighted by molar-refractivity contribution is 0.0893. The average molecular weight is 260 g/mol. The number of hydrogen-bond acceptors (Lipinski definition) is 4. The molecule has 1 aliphatic rings. The zero-order valence-corrected chi connectivity index (χ0v) is 11.9. The molecule has 0 aromatic rings. The monoisotopic (exact) mass is 260 g/mol. The van der Waals surface area contributed by atoms with Gasteiger partial charge in [0.1, 0.15) is 0 Å². The Balaban J connectivity index is 2.21. The first-order chi connectivity index (χ1) is 8.04. The molecular weight excluding hydrogens is 236 g/mol. The van der Waals surface area contributed by atoms with Gasteiger partial charge in [-0.2, -0.15) is 12.6 Å². The maximum atomic E-state index is 11.3. The minimum atomic E-state index is -0.206. The van der Waals surface area contributed by atoms with Gasteiger partial charge in [0.15, 0.2) is 0 Å². The van der Waals surface area contributed by atoms with Crippen LogP contribution in [0.1, 0.15) is 20.3 Å². The predicted octanol–water partition coefficient (Wildman–Crippen LogP) is 1.71. The fourth-order valence-corrected chi connectivity index (χ4v) is 2.06. The summed E-state index contributed by atoms with van der Waals surface area (Å²) in [4.78, 5) is 15.5. The number of hydrogen-bond donors (Lipinski definition) is 1. The van der Waals surface area contributed by atoms with Crippen molar-refractivity contribution < 1.29 is 9.53 Å². The van der Waals surface area contributed by atoms with E-state index in [-0.39, 0.29) is 6.09 Å². The first kappa shape index (κ1) is 14.6. The third kappa shape index (κ3) is 4.76. The van der Waals surface area contributed by atoms with Crippen molar-refractivity contribution >= 4 is 18.7 Å². The van der Waals surface area contributed by atoms with Gasteiger partial charge in [-0.15, -0.1) is 0 Å². The number of thiol groups is 1. The first-order valence-corrected chi connectivity index (χ1v) is 6.79. The molecule has 1 fully saturated rings. The number of methoxy groups -OCH3 is 1. The number of carbonyl (C=O) groups is 1. The van der Waals surface area contributed by atoms with E-state index in [1.807, 2.05) is 0 Å².